The predicted octanol–water partition coefficient (Wildman–Crippen LogP) is 4.46. The first kappa shape index (κ1) is 27.8. The Morgan fingerprint density at radius 3 is 2.19 bits per heavy atom. The summed E-state index contributed by atoms with van der Waals surface area (Å²) in [5, 5.41) is 17.1. The van der Waals surface area contributed by atoms with E-state index in [0.717, 1.165) is 28.4 Å². The van der Waals surface area contributed by atoms with E-state index in [1.54, 1.807) is 7.11 Å². The molecule has 0 heterocycles. The number of hydrogen-bond acceptors (Lipinski definition) is 5. The maximum absolute atomic E-state index is 10.5. The molecule has 2 atom stereocenters. The largest absolute Gasteiger partial charge is 0.497 e. The lowest BCUT2D eigenvalue weighted by Crippen LogP contribution is -2.39. The topological polar surface area (TPSA) is 84.3 Å². The van der Waals surface area contributed by atoms with Gasteiger partial charge in [-0.3, -0.25) is 4.99 Å². The number of halogens is 1. The highest BCUT2D eigenvalue weighted by molar-refractivity contribution is 14.0. The zero-order valence-corrected chi connectivity index (χ0v) is 21.9. The highest BCUT2D eigenvalue weighted by atomic mass is 127. The van der Waals surface area contributed by atoms with Crippen LogP contribution in [-0.4, -0.2) is 44.5 Å². The fraction of sp³-hybridized carbons (Fsp3) is 0.458. The quantitative estimate of drug-likeness (QED) is 0.215. The summed E-state index contributed by atoms with van der Waals surface area (Å²) in [5.41, 5.74) is 1.84. The molecule has 2 unspecified atom stereocenters. The van der Waals surface area contributed by atoms with Crippen LogP contribution in [0.4, 0.5) is 0 Å². The van der Waals surface area contributed by atoms with Crippen molar-refractivity contribution in [2.24, 2.45) is 4.99 Å². The fourth-order valence-electron chi connectivity index (χ4n) is 3.05. The van der Waals surface area contributed by atoms with Crippen LogP contribution >= 0.6 is 24.0 Å². The van der Waals surface area contributed by atoms with Crippen molar-refractivity contribution in [1.82, 2.24) is 10.6 Å². The van der Waals surface area contributed by atoms with Gasteiger partial charge >= 0.3 is 0 Å². The molecule has 0 saturated heterocycles. The second kappa shape index (κ2) is 14.8. The van der Waals surface area contributed by atoms with Gasteiger partial charge in [0.25, 0.3) is 0 Å². The molecule has 0 bridgehead atoms. The number of aliphatic hydroxyl groups excluding tert-OH is 1. The van der Waals surface area contributed by atoms with E-state index in [4.69, 9.17) is 14.2 Å². The first-order valence-electron chi connectivity index (χ1n) is 10.8. The number of hydrogen-bond donors (Lipinski definition) is 3. The van der Waals surface area contributed by atoms with E-state index in [-0.39, 0.29) is 36.6 Å². The van der Waals surface area contributed by atoms with E-state index in [1.165, 1.54) is 0 Å². The normalized spacial score (nSPS) is 12.9. The summed E-state index contributed by atoms with van der Waals surface area (Å²) in [6.07, 6.45) is -0.702. The molecule has 0 radical (unpaired) electrons. The molecule has 8 heteroatoms. The molecule has 2 rings (SSSR count). The Morgan fingerprint density at radius 1 is 0.969 bits per heavy atom. The molecule has 0 amide bonds. The number of aliphatic hydroxyl groups is 1. The minimum atomic E-state index is -0.702. The smallest absolute Gasteiger partial charge is 0.191 e. The maximum atomic E-state index is 10.5. The van der Waals surface area contributed by atoms with E-state index in [9.17, 15) is 5.11 Å². The third-order valence-corrected chi connectivity index (χ3v) is 4.69. The molecular formula is C24H36IN3O4. The highest BCUT2D eigenvalue weighted by Gasteiger charge is 2.13. The lowest BCUT2D eigenvalue weighted by Gasteiger charge is -2.20. The molecule has 0 aliphatic heterocycles. The number of guanidine groups is 1. The summed E-state index contributed by atoms with van der Waals surface area (Å²) < 4.78 is 16.5. The van der Waals surface area contributed by atoms with Gasteiger partial charge in [0.1, 0.15) is 5.75 Å². The van der Waals surface area contributed by atoms with Crippen molar-refractivity contribution in [3.05, 3.63) is 53.6 Å². The Balaban J connectivity index is 0.00000512. The van der Waals surface area contributed by atoms with Crippen LogP contribution < -0.4 is 24.8 Å². The molecule has 3 N–H and O–H groups in total. The van der Waals surface area contributed by atoms with Crippen LogP contribution in [0.3, 0.4) is 0 Å². The summed E-state index contributed by atoms with van der Waals surface area (Å²) in [6, 6.07) is 13.3. The van der Waals surface area contributed by atoms with E-state index in [0.29, 0.717) is 25.7 Å². The Labute approximate surface area is 208 Å². The van der Waals surface area contributed by atoms with Crippen molar-refractivity contribution < 1.29 is 19.3 Å². The van der Waals surface area contributed by atoms with Gasteiger partial charge in [-0.05, 0) is 63.1 Å². The Kier molecular flexibility index (Phi) is 12.9. The number of ether oxygens (including phenoxy) is 3. The lowest BCUT2D eigenvalue weighted by atomic mass is 10.1. The van der Waals surface area contributed by atoms with Gasteiger partial charge in [-0.2, -0.15) is 0 Å². The van der Waals surface area contributed by atoms with E-state index in [2.05, 4.69) is 22.5 Å². The van der Waals surface area contributed by atoms with Crippen LogP contribution in [0, 0.1) is 0 Å². The van der Waals surface area contributed by atoms with Gasteiger partial charge in [-0.1, -0.05) is 18.2 Å². The first-order valence-corrected chi connectivity index (χ1v) is 10.8. The van der Waals surface area contributed by atoms with Gasteiger partial charge in [0.05, 0.1) is 39.0 Å². The number of aliphatic imine (C=N–C) groups is 1. The Bertz CT molecular complexity index is 830. The van der Waals surface area contributed by atoms with Crippen LogP contribution in [0.25, 0.3) is 0 Å². The SMILES string of the molecule is CCNC(=NCC(O)c1ccc(OC)cc1)NC(C)c1ccc(OCC)c(OCC)c1.I. The molecule has 0 aliphatic carbocycles. The average molecular weight is 557 g/mol. The summed E-state index contributed by atoms with van der Waals surface area (Å²) in [5.74, 6) is 2.86. The molecule has 32 heavy (non-hydrogen) atoms. The van der Waals surface area contributed by atoms with Crippen molar-refractivity contribution >= 4 is 29.9 Å². The molecule has 0 fully saturated rings. The Hall–Kier alpha value is -2.20. The molecular weight excluding hydrogens is 521 g/mol. The van der Waals surface area contributed by atoms with Crippen LogP contribution in [-0.2, 0) is 0 Å². The third kappa shape index (κ3) is 8.38. The first-order chi connectivity index (χ1) is 15.0. The molecule has 0 aliphatic rings. The molecule has 7 nitrogen and oxygen atoms in total. The average Bonchev–Trinajstić information content (AvgIpc) is 2.78. The Morgan fingerprint density at radius 2 is 1.59 bits per heavy atom. The van der Waals surface area contributed by atoms with Gasteiger partial charge in [-0.25, -0.2) is 0 Å². The van der Waals surface area contributed by atoms with E-state index >= 15 is 0 Å². The van der Waals surface area contributed by atoms with Crippen LogP contribution in [0.15, 0.2) is 47.5 Å². The standard InChI is InChI=1S/C24H35N3O4.HI/c1-6-25-24(26-16-21(28)18-9-12-20(29-5)13-10-18)27-17(4)19-11-14-22(30-7-2)23(15-19)31-8-3;/h9-15,17,21,28H,6-8,16H2,1-5H3,(H2,25,26,27);1H. The number of nitrogens with one attached hydrogen (secondary N) is 2. The van der Waals surface area contributed by atoms with Crippen molar-refractivity contribution in [3.8, 4) is 17.2 Å². The third-order valence-electron chi connectivity index (χ3n) is 4.69. The summed E-state index contributed by atoms with van der Waals surface area (Å²) >= 11 is 0. The van der Waals surface area contributed by atoms with E-state index in [1.807, 2.05) is 63.2 Å². The van der Waals surface area contributed by atoms with Gasteiger partial charge in [0.15, 0.2) is 17.5 Å². The minimum Gasteiger partial charge on any atom is -0.497 e. The monoisotopic (exact) mass is 557 g/mol. The van der Waals surface area contributed by atoms with Crippen LogP contribution in [0.2, 0.25) is 0 Å². The van der Waals surface area contributed by atoms with Gasteiger partial charge in [0.2, 0.25) is 0 Å². The minimum absolute atomic E-state index is 0. The fourth-order valence-corrected chi connectivity index (χ4v) is 3.05. The van der Waals surface area contributed by atoms with Crippen LogP contribution in [0.1, 0.15) is 51.0 Å². The molecule has 2 aromatic carbocycles. The molecule has 0 saturated carbocycles. The second-order valence-electron chi connectivity index (χ2n) is 6.95. The maximum Gasteiger partial charge on any atom is 0.191 e. The van der Waals surface area contributed by atoms with Gasteiger partial charge < -0.3 is 30.0 Å². The summed E-state index contributed by atoms with van der Waals surface area (Å²) in [4.78, 5) is 4.56. The lowest BCUT2D eigenvalue weighted by molar-refractivity contribution is 0.187. The molecule has 178 valence electrons. The zero-order chi connectivity index (χ0) is 22.6. The van der Waals surface area contributed by atoms with Crippen molar-refractivity contribution in [1.29, 1.82) is 0 Å². The van der Waals surface area contributed by atoms with Crippen molar-refractivity contribution in [2.45, 2.75) is 39.8 Å². The molecule has 2 aromatic rings. The zero-order valence-electron chi connectivity index (χ0n) is 19.6. The number of rotatable bonds is 11. The van der Waals surface area contributed by atoms with E-state index < -0.39 is 6.10 Å². The van der Waals surface area contributed by atoms with Crippen molar-refractivity contribution in [3.63, 3.8) is 0 Å². The summed E-state index contributed by atoms with van der Waals surface area (Å²) in [7, 11) is 1.62. The van der Waals surface area contributed by atoms with Gasteiger partial charge in [0, 0.05) is 6.54 Å². The highest BCUT2D eigenvalue weighted by Crippen LogP contribution is 2.30. The predicted molar refractivity (Wildman–Crippen MR) is 140 cm³/mol. The van der Waals surface area contributed by atoms with Crippen LogP contribution in [0.5, 0.6) is 17.2 Å². The van der Waals surface area contributed by atoms with Crippen molar-refractivity contribution in [2.75, 3.05) is 33.4 Å². The molecule has 0 spiro atoms. The number of methoxy groups -OCH3 is 1. The molecule has 0 aromatic heterocycles. The summed E-state index contributed by atoms with van der Waals surface area (Å²) in [6.45, 7) is 10.1. The number of nitrogens with zero attached hydrogens (tertiary/aromatic N) is 1. The number of benzene rings is 2. The van der Waals surface area contributed by atoms with Gasteiger partial charge in [-0.15, -0.1) is 24.0 Å². The second-order valence-corrected chi connectivity index (χ2v) is 6.95.